The van der Waals surface area contributed by atoms with Crippen molar-refractivity contribution < 1.29 is 29.3 Å². The molecule has 0 saturated heterocycles. The summed E-state index contributed by atoms with van der Waals surface area (Å²) in [5, 5.41) is 21.7. The van der Waals surface area contributed by atoms with Gasteiger partial charge in [-0.2, -0.15) is 0 Å². The molecule has 1 aliphatic carbocycles. The summed E-state index contributed by atoms with van der Waals surface area (Å²) in [4.78, 5) is 32.4. The van der Waals surface area contributed by atoms with Gasteiger partial charge in [-0.25, -0.2) is 9.59 Å². The van der Waals surface area contributed by atoms with Crippen LogP contribution in [0.15, 0.2) is 0 Å². The first-order chi connectivity index (χ1) is 8.99. The number of carbonyl (C=O) groups excluding carboxylic acids is 1. The van der Waals surface area contributed by atoms with Crippen LogP contribution in [0.25, 0.3) is 0 Å². The minimum atomic E-state index is -1.44. The molecular weight excluding hydrogens is 256 g/mol. The molecule has 19 heavy (non-hydrogen) atoms. The summed E-state index contributed by atoms with van der Waals surface area (Å²) < 4.78 is 5.27. The van der Waals surface area contributed by atoms with E-state index in [0.29, 0.717) is 19.1 Å². The highest BCUT2D eigenvalue weighted by molar-refractivity contribution is 5.86. The number of carboxylic acids is 2. The summed E-state index contributed by atoms with van der Waals surface area (Å²) in [6.45, 7) is 1.28. The molecule has 1 aliphatic rings. The third kappa shape index (κ3) is 7.24. The predicted molar refractivity (Wildman–Crippen MR) is 63.8 cm³/mol. The molecule has 1 atom stereocenters. The molecular formula is C11H18N2O6. The molecule has 0 bridgehead atoms. The van der Waals surface area contributed by atoms with Crippen molar-refractivity contribution in [2.24, 2.45) is 5.92 Å². The minimum Gasteiger partial charge on any atom is -0.481 e. The molecule has 1 fully saturated rings. The predicted octanol–water partition coefficient (Wildman–Crippen LogP) is -0.360. The normalized spacial score (nSPS) is 15.6. The van der Waals surface area contributed by atoms with Gasteiger partial charge in [-0.1, -0.05) is 0 Å². The SMILES string of the molecule is O=C(O)C[C@H](NC(=O)NCCOCC1CC1)C(=O)O. The first-order valence-corrected chi connectivity index (χ1v) is 6.05. The average molecular weight is 274 g/mol. The molecule has 4 N–H and O–H groups in total. The van der Waals surface area contributed by atoms with E-state index in [-0.39, 0.29) is 6.54 Å². The quantitative estimate of drug-likeness (QED) is 0.425. The molecule has 1 saturated carbocycles. The Morgan fingerprint density at radius 3 is 2.47 bits per heavy atom. The van der Waals surface area contributed by atoms with E-state index in [1.807, 2.05) is 0 Å². The molecule has 2 amide bonds. The first-order valence-electron chi connectivity index (χ1n) is 6.05. The number of nitrogens with one attached hydrogen (secondary N) is 2. The fourth-order valence-electron chi connectivity index (χ4n) is 1.36. The number of amides is 2. The van der Waals surface area contributed by atoms with Gasteiger partial charge >= 0.3 is 18.0 Å². The zero-order chi connectivity index (χ0) is 14.3. The molecule has 0 heterocycles. The molecule has 0 radical (unpaired) electrons. The van der Waals surface area contributed by atoms with Gasteiger partial charge in [0.15, 0.2) is 0 Å². The van der Waals surface area contributed by atoms with Gasteiger partial charge in [-0.15, -0.1) is 0 Å². The standard InChI is InChI=1S/C11H18N2O6/c14-9(15)5-8(10(16)17)13-11(18)12-3-4-19-6-7-1-2-7/h7-8H,1-6H2,(H,14,15)(H,16,17)(H2,12,13,18)/t8-/m0/s1. The van der Waals surface area contributed by atoms with Crippen LogP contribution >= 0.6 is 0 Å². The fourth-order valence-corrected chi connectivity index (χ4v) is 1.36. The highest BCUT2D eigenvalue weighted by atomic mass is 16.5. The number of urea groups is 1. The Hall–Kier alpha value is -1.83. The number of aliphatic carboxylic acids is 2. The summed E-state index contributed by atoms with van der Waals surface area (Å²) in [6, 6.07) is -2.16. The smallest absolute Gasteiger partial charge is 0.326 e. The van der Waals surface area contributed by atoms with Crippen LogP contribution in [-0.2, 0) is 14.3 Å². The van der Waals surface area contributed by atoms with Crippen molar-refractivity contribution in [3.63, 3.8) is 0 Å². The number of carbonyl (C=O) groups is 3. The highest BCUT2D eigenvalue weighted by Gasteiger charge is 2.23. The Balaban J connectivity index is 2.12. The van der Waals surface area contributed by atoms with Crippen LogP contribution in [0.5, 0.6) is 0 Å². The van der Waals surface area contributed by atoms with Crippen molar-refractivity contribution >= 4 is 18.0 Å². The van der Waals surface area contributed by atoms with Crippen LogP contribution in [0, 0.1) is 5.92 Å². The molecule has 1 rings (SSSR count). The monoisotopic (exact) mass is 274 g/mol. The van der Waals surface area contributed by atoms with E-state index >= 15 is 0 Å². The third-order valence-electron chi connectivity index (χ3n) is 2.56. The lowest BCUT2D eigenvalue weighted by molar-refractivity contribution is -0.145. The van der Waals surface area contributed by atoms with Crippen molar-refractivity contribution in [2.45, 2.75) is 25.3 Å². The Morgan fingerprint density at radius 1 is 1.26 bits per heavy atom. The second kappa shape index (κ2) is 7.57. The number of ether oxygens (including phenoxy) is 1. The Labute approximate surface area is 110 Å². The van der Waals surface area contributed by atoms with Gasteiger partial charge in [0, 0.05) is 13.2 Å². The van der Waals surface area contributed by atoms with E-state index in [4.69, 9.17) is 14.9 Å². The molecule has 8 heteroatoms. The first kappa shape index (κ1) is 15.2. The fraction of sp³-hybridized carbons (Fsp3) is 0.727. The molecule has 0 unspecified atom stereocenters. The van der Waals surface area contributed by atoms with Crippen LogP contribution in [0.2, 0.25) is 0 Å². The van der Waals surface area contributed by atoms with Crippen LogP contribution in [0.4, 0.5) is 4.79 Å². The van der Waals surface area contributed by atoms with E-state index in [1.165, 1.54) is 12.8 Å². The Morgan fingerprint density at radius 2 is 1.95 bits per heavy atom. The van der Waals surface area contributed by atoms with Crippen molar-refractivity contribution in [3.05, 3.63) is 0 Å². The molecule has 0 aromatic carbocycles. The lowest BCUT2D eigenvalue weighted by atomic mass is 10.2. The minimum absolute atomic E-state index is 0.248. The van der Waals surface area contributed by atoms with Crippen molar-refractivity contribution in [2.75, 3.05) is 19.8 Å². The summed E-state index contributed by atoms with van der Waals surface area (Å²) >= 11 is 0. The molecule has 8 nitrogen and oxygen atoms in total. The van der Waals surface area contributed by atoms with Gasteiger partial charge in [0.2, 0.25) is 0 Å². The second-order valence-electron chi connectivity index (χ2n) is 4.41. The van der Waals surface area contributed by atoms with Gasteiger partial charge in [-0.05, 0) is 18.8 Å². The average Bonchev–Trinajstić information content (AvgIpc) is 3.11. The third-order valence-corrected chi connectivity index (χ3v) is 2.56. The maximum Gasteiger partial charge on any atom is 0.326 e. The number of carboxylic acid groups (broad SMARTS) is 2. The van der Waals surface area contributed by atoms with Crippen molar-refractivity contribution in [3.8, 4) is 0 Å². The van der Waals surface area contributed by atoms with Crippen LogP contribution in [0.1, 0.15) is 19.3 Å². The Bertz CT molecular complexity index is 342. The lowest BCUT2D eigenvalue weighted by Gasteiger charge is -2.13. The van der Waals surface area contributed by atoms with Gasteiger partial charge < -0.3 is 25.6 Å². The van der Waals surface area contributed by atoms with Crippen LogP contribution in [-0.4, -0.2) is 54.0 Å². The molecule has 0 spiro atoms. The van der Waals surface area contributed by atoms with E-state index in [9.17, 15) is 14.4 Å². The van der Waals surface area contributed by atoms with Gasteiger partial charge in [0.05, 0.1) is 13.0 Å². The number of hydrogen-bond acceptors (Lipinski definition) is 4. The topological polar surface area (TPSA) is 125 Å². The largest absolute Gasteiger partial charge is 0.481 e. The molecule has 0 aliphatic heterocycles. The summed E-state index contributed by atoms with van der Waals surface area (Å²) in [6.07, 6.45) is 1.70. The Kier molecular flexibility index (Phi) is 6.07. The zero-order valence-corrected chi connectivity index (χ0v) is 10.4. The number of rotatable bonds is 9. The van der Waals surface area contributed by atoms with Crippen molar-refractivity contribution in [1.29, 1.82) is 0 Å². The van der Waals surface area contributed by atoms with Crippen molar-refractivity contribution in [1.82, 2.24) is 10.6 Å². The second-order valence-corrected chi connectivity index (χ2v) is 4.41. The van der Waals surface area contributed by atoms with Crippen LogP contribution < -0.4 is 10.6 Å². The maximum absolute atomic E-state index is 11.3. The summed E-state index contributed by atoms with van der Waals surface area (Å²) in [5.41, 5.74) is 0. The molecule has 0 aromatic heterocycles. The zero-order valence-electron chi connectivity index (χ0n) is 10.4. The summed E-state index contributed by atoms with van der Waals surface area (Å²) in [5.74, 6) is -2.04. The number of hydrogen-bond donors (Lipinski definition) is 4. The van der Waals surface area contributed by atoms with Gasteiger partial charge in [-0.3, -0.25) is 4.79 Å². The van der Waals surface area contributed by atoms with E-state index in [0.717, 1.165) is 0 Å². The van der Waals surface area contributed by atoms with Gasteiger partial charge in [0.25, 0.3) is 0 Å². The van der Waals surface area contributed by atoms with E-state index in [1.54, 1.807) is 0 Å². The highest BCUT2D eigenvalue weighted by Crippen LogP contribution is 2.28. The van der Waals surface area contributed by atoms with E-state index < -0.39 is 30.4 Å². The summed E-state index contributed by atoms with van der Waals surface area (Å²) in [7, 11) is 0. The van der Waals surface area contributed by atoms with E-state index in [2.05, 4.69) is 10.6 Å². The van der Waals surface area contributed by atoms with Gasteiger partial charge in [0.1, 0.15) is 6.04 Å². The maximum atomic E-state index is 11.3. The molecule has 0 aromatic rings. The molecule has 108 valence electrons. The van der Waals surface area contributed by atoms with Crippen LogP contribution in [0.3, 0.4) is 0 Å². The lowest BCUT2D eigenvalue weighted by Crippen LogP contribution is -2.47.